The maximum atomic E-state index is 5.52. The Kier molecular flexibility index (Phi) is 3.57. The average molecular weight is 271 g/mol. The van der Waals surface area contributed by atoms with Gasteiger partial charge in [-0.25, -0.2) is 0 Å². The maximum absolute atomic E-state index is 5.52. The molecule has 0 aliphatic carbocycles. The fourth-order valence-corrected chi connectivity index (χ4v) is 2.85. The van der Waals surface area contributed by atoms with E-state index < -0.39 is 0 Å². The molecular formula is C16H21N3O. The van der Waals surface area contributed by atoms with Crippen LogP contribution in [-0.4, -0.2) is 16.7 Å². The van der Waals surface area contributed by atoms with E-state index in [1.165, 1.54) is 17.5 Å². The Hall–Kier alpha value is -1.68. The second kappa shape index (κ2) is 5.37. The van der Waals surface area contributed by atoms with E-state index >= 15 is 0 Å². The molecule has 1 aliphatic rings. The summed E-state index contributed by atoms with van der Waals surface area (Å²) in [5.41, 5.74) is 2.38. The molecule has 4 heteroatoms. The van der Waals surface area contributed by atoms with Crippen LogP contribution in [-0.2, 0) is 12.0 Å². The van der Waals surface area contributed by atoms with Crippen molar-refractivity contribution in [2.24, 2.45) is 0 Å². The zero-order valence-electron chi connectivity index (χ0n) is 12.1. The van der Waals surface area contributed by atoms with Crippen molar-refractivity contribution in [1.29, 1.82) is 0 Å². The molecule has 0 amide bonds. The van der Waals surface area contributed by atoms with E-state index in [1.807, 2.05) is 0 Å². The zero-order chi connectivity index (χ0) is 14.0. The van der Waals surface area contributed by atoms with Gasteiger partial charge in [0.05, 0.1) is 5.54 Å². The van der Waals surface area contributed by atoms with E-state index in [0.717, 1.165) is 37.5 Å². The molecule has 1 saturated heterocycles. The van der Waals surface area contributed by atoms with Gasteiger partial charge in [-0.15, -0.1) is 0 Å². The Balaban J connectivity index is 1.78. The lowest BCUT2D eigenvalue weighted by Gasteiger charge is -2.22. The zero-order valence-corrected chi connectivity index (χ0v) is 12.1. The molecule has 20 heavy (non-hydrogen) atoms. The third kappa shape index (κ3) is 2.48. The number of aryl methyl sites for hydroxylation is 1. The molecule has 4 nitrogen and oxygen atoms in total. The van der Waals surface area contributed by atoms with Crippen LogP contribution in [0.15, 0.2) is 28.8 Å². The molecule has 1 atom stereocenters. The first kappa shape index (κ1) is 13.3. The van der Waals surface area contributed by atoms with Gasteiger partial charge in [0.1, 0.15) is 0 Å². The van der Waals surface area contributed by atoms with Crippen molar-refractivity contribution in [3.05, 3.63) is 47.1 Å². The molecule has 0 radical (unpaired) electrons. The topological polar surface area (TPSA) is 51.0 Å². The fraction of sp³-hybridized carbons (Fsp3) is 0.500. The number of aromatic nitrogens is 2. The lowest BCUT2D eigenvalue weighted by Crippen LogP contribution is -2.36. The molecule has 2 aromatic rings. The van der Waals surface area contributed by atoms with Crippen LogP contribution in [0.4, 0.5) is 0 Å². The highest BCUT2D eigenvalue weighted by molar-refractivity contribution is 5.23. The van der Waals surface area contributed by atoms with Crippen molar-refractivity contribution in [3.63, 3.8) is 0 Å². The molecule has 1 unspecified atom stereocenters. The van der Waals surface area contributed by atoms with Crippen molar-refractivity contribution >= 4 is 0 Å². The SMILES string of the molecule is CCC1(c2nc(Cc3ccc(C)cc3)no2)CCCN1. The van der Waals surface area contributed by atoms with Crippen molar-refractivity contribution in [3.8, 4) is 0 Å². The highest BCUT2D eigenvalue weighted by Crippen LogP contribution is 2.32. The molecule has 0 bridgehead atoms. The van der Waals surface area contributed by atoms with E-state index in [2.05, 4.69) is 53.6 Å². The van der Waals surface area contributed by atoms with Crippen LogP contribution in [0.3, 0.4) is 0 Å². The summed E-state index contributed by atoms with van der Waals surface area (Å²) >= 11 is 0. The largest absolute Gasteiger partial charge is 0.337 e. The minimum atomic E-state index is -0.0987. The summed E-state index contributed by atoms with van der Waals surface area (Å²) in [7, 11) is 0. The lowest BCUT2D eigenvalue weighted by molar-refractivity contribution is 0.249. The van der Waals surface area contributed by atoms with Crippen LogP contribution in [0.25, 0.3) is 0 Å². The summed E-state index contributed by atoms with van der Waals surface area (Å²) in [6, 6.07) is 8.47. The maximum Gasteiger partial charge on any atom is 0.246 e. The first-order chi connectivity index (χ1) is 9.72. The minimum absolute atomic E-state index is 0.0987. The first-order valence-electron chi connectivity index (χ1n) is 7.35. The highest BCUT2D eigenvalue weighted by Gasteiger charge is 2.38. The van der Waals surface area contributed by atoms with Crippen LogP contribution in [0.1, 0.15) is 49.0 Å². The lowest BCUT2D eigenvalue weighted by atomic mass is 9.94. The van der Waals surface area contributed by atoms with Crippen molar-refractivity contribution in [2.45, 2.75) is 45.1 Å². The summed E-state index contributed by atoms with van der Waals surface area (Å²) < 4.78 is 5.52. The van der Waals surface area contributed by atoms with Gasteiger partial charge in [-0.3, -0.25) is 0 Å². The van der Waals surface area contributed by atoms with Crippen molar-refractivity contribution in [2.75, 3.05) is 6.54 Å². The molecule has 0 saturated carbocycles. The molecular weight excluding hydrogens is 250 g/mol. The first-order valence-corrected chi connectivity index (χ1v) is 7.35. The molecule has 1 aromatic heterocycles. The molecule has 1 aromatic carbocycles. The summed E-state index contributed by atoms with van der Waals surface area (Å²) in [5, 5.41) is 7.67. The number of nitrogens with zero attached hydrogens (tertiary/aromatic N) is 2. The molecule has 1 aliphatic heterocycles. The van der Waals surface area contributed by atoms with Crippen molar-refractivity contribution < 1.29 is 4.52 Å². The molecule has 2 heterocycles. The molecule has 1 N–H and O–H groups in total. The van der Waals surface area contributed by atoms with Gasteiger partial charge in [0.25, 0.3) is 0 Å². The standard InChI is InChI=1S/C16H21N3O/c1-3-16(9-4-10-17-16)15-18-14(19-20-15)11-13-7-5-12(2)6-8-13/h5-8,17H,3-4,9-11H2,1-2H3. The Morgan fingerprint density at radius 1 is 1.30 bits per heavy atom. The second-order valence-electron chi connectivity index (χ2n) is 5.64. The van der Waals surface area contributed by atoms with Gasteiger partial charge in [0, 0.05) is 6.42 Å². The number of hydrogen-bond donors (Lipinski definition) is 1. The third-order valence-electron chi connectivity index (χ3n) is 4.21. The Morgan fingerprint density at radius 3 is 2.75 bits per heavy atom. The van der Waals surface area contributed by atoms with E-state index in [9.17, 15) is 0 Å². The number of rotatable bonds is 4. The Bertz CT molecular complexity index is 568. The molecule has 1 fully saturated rings. The molecule has 3 rings (SSSR count). The van der Waals surface area contributed by atoms with Gasteiger partial charge in [-0.2, -0.15) is 4.98 Å². The van der Waals surface area contributed by atoms with Crippen LogP contribution in [0.2, 0.25) is 0 Å². The quantitative estimate of drug-likeness (QED) is 0.929. The van der Waals surface area contributed by atoms with Crippen LogP contribution in [0, 0.1) is 6.92 Å². The van der Waals surface area contributed by atoms with Gasteiger partial charge in [0.15, 0.2) is 5.82 Å². The summed E-state index contributed by atoms with van der Waals surface area (Å²) in [5.74, 6) is 1.52. The van der Waals surface area contributed by atoms with Gasteiger partial charge in [-0.05, 0) is 38.3 Å². The van der Waals surface area contributed by atoms with E-state index in [0.29, 0.717) is 0 Å². The summed E-state index contributed by atoms with van der Waals surface area (Å²) in [6.07, 6.45) is 3.96. The van der Waals surface area contributed by atoms with E-state index in [4.69, 9.17) is 4.52 Å². The van der Waals surface area contributed by atoms with Gasteiger partial charge < -0.3 is 9.84 Å². The monoisotopic (exact) mass is 271 g/mol. The molecule has 106 valence electrons. The normalized spacial score (nSPS) is 22.3. The summed E-state index contributed by atoms with van der Waals surface area (Å²) in [6.45, 7) is 5.29. The van der Waals surface area contributed by atoms with Crippen LogP contribution >= 0.6 is 0 Å². The average Bonchev–Trinajstić information content (AvgIpc) is 3.11. The number of hydrogen-bond acceptors (Lipinski definition) is 4. The summed E-state index contributed by atoms with van der Waals surface area (Å²) in [4.78, 5) is 4.61. The molecule has 0 spiro atoms. The van der Waals surface area contributed by atoms with Gasteiger partial charge in [0.2, 0.25) is 5.89 Å². The minimum Gasteiger partial charge on any atom is -0.337 e. The van der Waals surface area contributed by atoms with Crippen LogP contribution < -0.4 is 5.32 Å². The predicted molar refractivity (Wildman–Crippen MR) is 77.5 cm³/mol. The van der Waals surface area contributed by atoms with Crippen LogP contribution in [0.5, 0.6) is 0 Å². The van der Waals surface area contributed by atoms with E-state index in [1.54, 1.807) is 0 Å². The Labute approximate surface area is 119 Å². The van der Waals surface area contributed by atoms with Gasteiger partial charge in [-0.1, -0.05) is 41.9 Å². The van der Waals surface area contributed by atoms with E-state index in [-0.39, 0.29) is 5.54 Å². The fourth-order valence-electron chi connectivity index (χ4n) is 2.85. The number of nitrogens with one attached hydrogen (secondary N) is 1. The van der Waals surface area contributed by atoms with Gasteiger partial charge >= 0.3 is 0 Å². The second-order valence-corrected chi connectivity index (χ2v) is 5.64. The Morgan fingerprint density at radius 2 is 2.10 bits per heavy atom. The predicted octanol–water partition coefficient (Wildman–Crippen LogP) is 2.96. The highest BCUT2D eigenvalue weighted by atomic mass is 16.5. The van der Waals surface area contributed by atoms with Crippen molar-refractivity contribution in [1.82, 2.24) is 15.5 Å². The third-order valence-corrected chi connectivity index (χ3v) is 4.21. The number of benzene rings is 1. The smallest absolute Gasteiger partial charge is 0.246 e.